The number of aliphatic hydroxyl groups is 1. The third-order valence-corrected chi connectivity index (χ3v) is 22.5. The second kappa shape index (κ2) is 18.4. The van der Waals surface area contributed by atoms with Crippen LogP contribution in [-0.4, -0.2) is 67.9 Å². The Labute approximate surface area is 399 Å². The molecule has 0 aromatic heterocycles. The monoisotopic (exact) mass is 930 g/mol. The van der Waals surface area contributed by atoms with Crippen LogP contribution in [0.5, 0.6) is 0 Å². The van der Waals surface area contributed by atoms with Crippen molar-refractivity contribution in [2.45, 2.75) is 194 Å². The van der Waals surface area contributed by atoms with Gasteiger partial charge in [-0.25, -0.2) is 13.2 Å². The first-order valence-electron chi connectivity index (χ1n) is 26.5. The normalized spacial score (nSPS) is 40.8. The zero-order chi connectivity index (χ0) is 47.6. The fraction of sp³-hybridized carbons (Fsp3) is 0.789. The van der Waals surface area contributed by atoms with Crippen LogP contribution < -0.4 is 5.32 Å². The number of hydrogen-bond donors (Lipinski definition) is 2. The molecule has 7 aliphatic carbocycles. The summed E-state index contributed by atoms with van der Waals surface area (Å²) in [4.78, 5) is 26.1. The van der Waals surface area contributed by atoms with Gasteiger partial charge in [-0.05, 0) is 209 Å². The number of sulfone groups is 1. The highest BCUT2D eigenvalue weighted by Crippen LogP contribution is 2.76. The van der Waals surface area contributed by atoms with Crippen molar-refractivity contribution in [2.24, 2.45) is 62.6 Å². The number of ether oxygens (including phenoxy) is 2. The van der Waals surface area contributed by atoms with Crippen molar-refractivity contribution in [1.29, 1.82) is 0 Å². The zero-order valence-corrected chi connectivity index (χ0v) is 43.3. The molecule has 0 radical (unpaired) electrons. The molecule has 5 saturated carbocycles. The lowest BCUT2D eigenvalue weighted by Crippen LogP contribution is -2.68. The van der Waals surface area contributed by atoms with Gasteiger partial charge in [-0.1, -0.05) is 78.8 Å². The minimum Gasteiger partial charge on any atom is -0.466 e. The molecule has 368 valence electrons. The lowest BCUT2D eigenvalue weighted by atomic mass is 9.33. The molecule has 2 N–H and O–H groups in total. The van der Waals surface area contributed by atoms with Gasteiger partial charge in [0.15, 0.2) is 0 Å². The lowest BCUT2D eigenvalue weighted by molar-refractivity contribution is -0.222. The van der Waals surface area contributed by atoms with Crippen molar-refractivity contribution in [3.8, 4) is 0 Å². The second-order valence-corrected chi connectivity index (χ2v) is 27.4. The molecule has 0 unspecified atom stereocenters. The summed E-state index contributed by atoms with van der Waals surface area (Å²) in [6, 6.07) is 9.12. The van der Waals surface area contributed by atoms with E-state index in [0.29, 0.717) is 80.3 Å². The minimum atomic E-state index is -3.07. The molecule has 0 aliphatic heterocycles. The van der Waals surface area contributed by atoms with Gasteiger partial charge in [0.2, 0.25) is 0 Å². The molecule has 7 aliphatic rings. The highest BCUT2D eigenvalue weighted by molar-refractivity contribution is 7.91. The molecule has 9 heteroatoms. The van der Waals surface area contributed by atoms with Gasteiger partial charge >= 0.3 is 11.9 Å². The number of carbonyl (C=O) groups is 2. The first-order chi connectivity index (χ1) is 31.0. The molecule has 1 aromatic carbocycles. The number of fused-ring (bicyclic) bond motifs is 7. The Bertz CT molecular complexity index is 2120. The van der Waals surface area contributed by atoms with Gasteiger partial charge in [0.1, 0.15) is 9.84 Å². The minimum absolute atomic E-state index is 0.00634. The Balaban J connectivity index is 0.998. The molecule has 8 rings (SSSR count). The molecule has 0 spiro atoms. The van der Waals surface area contributed by atoms with Gasteiger partial charge in [-0.15, -0.1) is 0 Å². The fourth-order valence-corrected chi connectivity index (χ4v) is 18.4. The summed E-state index contributed by atoms with van der Waals surface area (Å²) in [5.41, 5.74) is 3.02. The van der Waals surface area contributed by atoms with Crippen LogP contribution in [0.25, 0.3) is 0 Å². The van der Waals surface area contributed by atoms with Crippen LogP contribution in [0.15, 0.2) is 53.6 Å². The van der Waals surface area contributed by atoms with Crippen LogP contribution in [0.2, 0.25) is 0 Å². The Morgan fingerprint density at radius 2 is 1.55 bits per heavy atom. The van der Waals surface area contributed by atoms with E-state index in [2.05, 4.69) is 65.9 Å². The molecule has 0 saturated heterocycles. The highest BCUT2D eigenvalue weighted by atomic mass is 32.2. The van der Waals surface area contributed by atoms with Crippen LogP contribution in [-0.2, 0) is 24.1 Å². The van der Waals surface area contributed by atoms with Crippen molar-refractivity contribution in [3.63, 3.8) is 0 Å². The lowest BCUT2D eigenvalue weighted by Gasteiger charge is -2.72. The van der Waals surface area contributed by atoms with Crippen LogP contribution in [0.4, 0.5) is 0 Å². The molecular weight excluding hydrogens is 843 g/mol. The summed E-state index contributed by atoms with van der Waals surface area (Å²) in [7, 11) is -3.07. The maximum absolute atomic E-state index is 13.1. The maximum atomic E-state index is 13.1. The third kappa shape index (κ3) is 8.96. The van der Waals surface area contributed by atoms with Crippen LogP contribution >= 0.6 is 0 Å². The van der Waals surface area contributed by atoms with Crippen molar-refractivity contribution >= 4 is 21.8 Å². The number of nitrogens with one attached hydrogen (secondary N) is 1. The molecular formula is C57H87NO7S. The van der Waals surface area contributed by atoms with Crippen molar-refractivity contribution in [1.82, 2.24) is 5.32 Å². The summed E-state index contributed by atoms with van der Waals surface area (Å²) in [6.45, 7) is 21.2. The summed E-state index contributed by atoms with van der Waals surface area (Å²) in [5, 5.41) is 15.6. The van der Waals surface area contributed by atoms with Gasteiger partial charge in [-0.2, -0.15) is 0 Å². The molecule has 10 atom stereocenters. The zero-order valence-electron chi connectivity index (χ0n) is 42.4. The number of carbonyl (C=O) groups excluding carboxylic acids is 2. The largest absolute Gasteiger partial charge is 0.466 e. The van der Waals surface area contributed by atoms with Crippen molar-refractivity contribution in [2.75, 3.05) is 26.0 Å². The second-order valence-electron chi connectivity index (χ2n) is 25.1. The van der Waals surface area contributed by atoms with Gasteiger partial charge in [-0.3, -0.25) is 4.79 Å². The first kappa shape index (κ1) is 49.9. The topological polar surface area (TPSA) is 119 Å². The number of benzene rings is 1. The van der Waals surface area contributed by atoms with Crippen LogP contribution in [0.3, 0.4) is 0 Å². The van der Waals surface area contributed by atoms with E-state index in [0.717, 1.165) is 31.7 Å². The first-order valence-corrected chi connectivity index (χ1v) is 28.4. The highest BCUT2D eigenvalue weighted by Gasteiger charge is 2.70. The number of allylic oxidation sites excluding steroid dienone is 4. The molecule has 66 heavy (non-hydrogen) atoms. The summed E-state index contributed by atoms with van der Waals surface area (Å²) in [6.07, 6.45) is 24.5. The Hall–Kier alpha value is -2.49. The van der Waals surface area contributed by atoms with Crippen LogP contribution in [0, 0.1) is 62.6 Å². The number of rotatable bonds is 14. The average Bonchev–Trinajstić information content (AvgIpc) is 3.60. The van der Waals surface area contributed by atoms with E-state index in [4.69, 9.17) is 9.47 Å². The summed E-state index contributed by atoms with van der Waals surface area (Å²) < 4.78 is 36.0. The van der Waals surface area contributed by atoms with Gasteiger partial charge in [0.05, 0.1) is 36.0 Å². The van der Waals surface area contributed by atoms with E-state index >= 15 is 0 Å². The van der Waals surface area contributed by atoms with Gasteiger partial charge < -0.3 is 19.9 Å². The summed E-state index contributed by atoms with van der Waals surface area (Å²) in [5.74, 6) is 3.36. The molecule has 0 amide bonds. The van der Waals surface area contributed by atoms with E-state index < -0.39 is 20.9 Å². The SMILES string of the molecule is CCOC(=O)C[C@]1(COC(=O)c2ccccc2)CC=C(C2=CC[C@]3(C)[C@H]4CC[C@@H]5[C@H]6[C@H](CC(C)C)CC[C@]6(NCC[C@]6(O)CC[C@@H](S(C)(=O)=O)CC6)CC[C@@]5(C)[C@]4(C)CC[C@H]3C2(C)C)CC1. The fourth-order valence-electron chi connectivity index (χ4n) is 17.3. The van der Waals surface area contributed by atoms with E-state index in [1.165, 1.54) is 75.2 Å². The molecule has 5 fully saturated rings. The van der Waals surface area contributed by atoms with Crippen molar-refractivity contribution in [3.05, 3.63) is 59.2 Å². The van der Waals surface area contributed by atoms with E-state index in [1.807, 2.05) is 25.1 Å². The molecule has 1 aromatic rings. The Morgan fingerprint density at radius 1 is 0.818 bits per heavy atom. The standard InChI is InChI=1S/C57H87NO7S/c1-10-64-48(59)37-55(38-65-50(60)41-14-12-11-13-15-41)27-18-40(19-28-55)44-23-25-52(6)46(51(44,4)5)24-26-54(8)47(52)17-16-45-49-42(36-39(2)3)20-31-57(49,33-32-53(45,54)7)58-35-34-56(61)29-21-43(22-30-56)66(9,62)63/h11-15,18,23,39,42-43,45-47,49,58,61H,10,16-17,19-22,24-38H2,1-9H3/t42-,43-,45+,46-,47+,49+,52-,53+,54+,55-,56+,57-/m0/s1. The van der Waals surface area contributed by atoms with Gasteiger partial charge in [0.25, 0.3) is 0 Å². The maximum Gasteiger partial charge on any atom is 0.338 e. The molecule has 8 nitrogen and oxygen atoms in total. The molecule has 0 bridgehead atoms. The van der Waals surface area contributed by atoms with E-state index in [1.54, 1.807) is 12.1 Å². The predicted octanol–water partition coefficient (Wildman–Crippen LogP) is 12.0. The average molecular weight is 930 g/mol. The molecule has 0 heterocycles. The Morgan fingerprint density at radius 3 is 2.20 bits per heavy atom. The Kier molecular flexibility index (Phi) is 13.9. The van der Waals surface area contributed by atoms with Crippen molar-refractivity contribution < 1.29 is 32.6 Å². The number of hydrogen-bond acceptors (Lipinski definition) is 8. The van der Waals surface area contributed by atoms with E-state index in [9.17, 15) is 23.1 Å². The predicted molar refractivity (Wildman–Crippen MR) is 264 cm³/mol. The third-order valence-electron chi connectivity index (χ3n) is 20.9. The smallest absolute Gasteiger partial charge is 0.338 e. The van der Waals surface area contributed by atoms with E-state index in [-0.39, 0.29) is 57.4 Å². The quantitative estimate of drug-likeness (QED) is 0.177. The van der Waals surface area contributed by atoms with Gasteiger partial charge in [0, 0.05) is 17.2 Å². The van der Waals surface area contributed by atoms with Crippen LogP contribution in [0.1, 0.15) is 188 Å². The number of esters is 2. The summed E-state index contributed by atoms with van der Waals surface area (Å²) >= 11 is 0.